The fraction of sp³-hybridized carbons (Fsp3) is 1.00. The smallest absolute Gasteiger partial charge is 0.0540 e. The summed E-state index contributed by atoms with van der Waals surface area (Å²) < 4.78 is 0. The Morgan fingerprint density at radius 2 is 1.00 bits per heavy atom. The zero-order chi connectivity index (χ0) is 15.9. The van der Waals surface area contributed by atoms with Crippen molar-refractivity contribution in [3.8, 4) is 0 Å². The Bertz CT molecular complexity index is 278. The van der Waals surface area contributed by atoms with E-state index in [4.69, 9.17) is 10.2 Å². The molecule has 0 saturated heterocycles. The van der Waals surface area contributed by atoms with Gasteiger partial charge in [0.05, 0.1) is 6.10 Å². The molecule has 2 aliphatic carbocycles. The van der Waals surface area contributed by atoms with Crippen molar-refractivity contribution in [2.75, 3.05) is 13.2 Å². The van der Waals surface area contributed by atoms with Gasteiger partial charge in [0.2, 0.25) is 0 Å². The van der Waals surface area contributed by atoms with Crippen molar-refractivity contribution in [2.45, 2.75) is 96.0 Å². The Hall–Kier alpha value is -0.120. The van der Waals surface area contributed by atoms with Crippen LogP contribution in [0.25, 0.3) is 0 Å². The summed E-state index contributed by atoms with van der Waals surface area (Å²) in [5.74, 6) is 0. The molecule has 0 amide bonds. The molecule has 0 heterocycles. The van der Waals surface area contributed by atoms with E-state index in [1.54, 1.807) is 0 Å². The van der Waals surface area contributed by atoms with Crippen molar-refractivity contribution in [3.63, 3.8) is 0 Å². The van der Waals surface area contributed by atoms with Crippen LogP contribution in [0.15, 0.2) is 0 Å². The second-order valence-electron chi connectivity index (χ2n) is 8.09. The third-order valence-corrected chi connectivity index (χ3v) is 6.13. The summed E-state index contributed by atoms with van der Waals surface area (Å²) in [6, 6.07) is 0. The van der Waals surface area contributed by atoms with Crippen LogP contribution in [0.2, 0.25) is 0 Å². The summed E-state index contributed by atoms with van der Waals surface area (Å²) in [6.07, 6.45) is 16.1. The van der Waals surface area contributed by atoms with Crippen molar-refractivity contribution in [1.29, 1.82) is 0 Å². The van der Waals surface area contributed by atoms with Gasteiger partial charge in [-0.25, -0.2) is 0 Å². The van der Waals surface area contributed by atoms with Crippen molar-refractivity contribution >= 4 is 0 Å². The molecule has 0 spiro atoms. The summed E-state index contributed by atoms with van der Waals surface area (Å²) in [6.45, 7) is 0.644. The maximum Gasteiger partial charge on any atom is 0.0540 e. The highest BCUT2D eigenvalue weighted by molar-refractivity contribution is 4.93. The lowest BCUT2D eigenvalue weighted by molar-refractivity contribution is 0.140. The van der Waals surface area contributed by atoms with Crippen LogP contribution < -0.4 is 0 Å². The molecule has 0 unspecified atom stereocenters. The number of aliphatic hydroxyl groups is 3. The van der Waals surface area contributed by atoms with Gasteiger partial charge in [-0.3, -0.25) is 0 Å². The van der Waals surface area contributed by atoms with Crippen LogP contribution in [0.1, 0.15) is 89.9 Å². The largest absolute Gasteiger partial charge is 0.396 e. The van der Waals surface area contributed by atoms with Gasteiger partial charge >= 0.3 is 0 Å². The van der Waals surface area contributed by atoms with Crippen LogP contribution >= 0.6 is 0 Å². The molecule has 2 fully saturated rings. The molecule has 22 heavy (non-hydrogen) atoms. The lowest BCUT2D eigenvalue weighted by atomic mass is 9.90. The van der Waals surface area contributed by atoms with Crippen LogP contribution in [0.4, 0.5) is 0 Å². The summed E-state index contributed by atoms with van der Waals surface area (Å²) >= 11 is 0. The van der Waals surface area contributed by atoms with Crippen molar-refractivity contribution in [2.24, 2.45) is 10.8 Å². The molecule has 3 N–H and O–H groups in total. The molecule has 0 atom stereocenters. The fourth-order valence-corrected chi connectivity index (χ4v) is 4.08. The average Bonchev–Trinajstić information content (AvgIpc) is 3.42. The first-order chi connectivity index (χ1) is 10.6. The van der Waals surface area contributed by atoms with E-state index < -0.39 is 0 Å². The molecule has 2 aliphatic rings. The summed E-state index contributed by atoms with van der Waals surface area (Å²) in [7, 11) is 0. The van der Waals surface area contributed by atoms with E-state index in [0.717, 1.165) is 38.5 Å². The van der Waals surface area contributed by atoms with E-state index in [1.165, 1.54) is 51.4 Å². The molecule has 2 saturated carbocycles. The van der Waals surface area contributed by atoms with E-state index in [1.807, 2.05) is 0 Å². The predicted octanol–water partition coefficient (Wildman–Crippen LogP) is 3.79. The van der Waals surface area contributed by atoms with E-state index in [2.05, 4.69) is 0 Å². The number of hydrogen-bond acceptors (Lipinski definition) is 3. The van der Waals surface area contributed by atoms with Crippen molar-refractivity contribution in [3.05, 3.63) is 0 Å². The van der Waals surface area contributed by atoms with Gasteiger partial charge in [0.15, 0.2) is 0 Å². The molecule has 3 heteroatoms. The highest BCUT2D eigenvalue weighted by Crippen LogP contribution is 2.54. The van der Waals surface area contributed by atoms with E-state index in [-0.39, 0.29) is 6.10 Å². The Labute approximate surface area is 136 Å². The van der Waals surface area contributed by atoms with Gasteiger partial charge < -0.3 is 15.3 Å². The fourth-order valence-electron chi connectivity index (χ4n) is 4.08. The molecule has 0 aliphatic heterocycles. The first-order valence-electron chi connectivity index (χ1n) is 9.54. The number of hydrogen-bond donors (Lipinski definition) is 3. The quantitative estimate of drug-likeness (QED) is 0.457. The molecule has 0 aromatic carbocycles. The van der Waals surface area contributed by atoms with Gasteiger partial charge in [0, 0.05) is 13.2 Å². The minimum atomic E-state index is -0.123. The van der Waals surface area contributed by atoms with Gasteiger partial charge in [-0.1, -0.05) is 12.8 Å². The Balaban J connectivity index is 1.49. The zero-order valence-electron chi connectivity index (χ0n) is 14.2. The molecule has 0 bridgehead atoms. The summed E-state index contributed by atoms with van der Waals surface area (Å²) in [5, 5.41) is 28.0. The monoisotopic (exact) mass is 312 g/mol. The number of aliphatic hydroxyl groups excluding tert-OH is 3. The average molecular weight is 312 g/mol. The second-order valence-corrected chi connectivity index (χ2v) is 8.09. The van der Waals surface area contributed by atoms with Gasteiger partial charge in [-0.05, 0) is 87.9 Å². The maximum absolute atomic E-state index is 10.2. The molecule has 0 aromatic heterocycles. The van der Waals surface area contributed by atoms with Gasteiger partial charge in [0.25, 0.3) is 0 Å². The van der Waals surface area contributed by atoms with Crippen molar-refractivity contribution < 1.29 is 15.3 Å². The summed E-state index contributed by atoms with van der Waals surface area (Å²) in [4.78, 5) is 0. The standard InChI is InChI=1S/C19H36O3/c20-15-3-9-18(11-12-18)7-1-5-17(22)6-2-8-19(13-14-19)10-4-16-21/h17,20-22H,1-16H2. The molecule has 0 aromatic rings. The van der Waals surface area contributed by atoms with E-state index in [9.17, 15) is 5.11 Å². The third kappa shape index (κ3) is 6.17. The van der Waals surface area contributed by atoms with E-state index in [0.29, 0.717) is 24.0 Å². The van der Waals surface area contributed by atoms with Gasteiger partial charge in [-0.2, -0.15) is 0 Å². The second kappa shape index (κ2) is 8.65. The molecular formula is C19H36O3. The van der Waals surface area contributed by atoms with Crippen LogP contribution in [0, 0.1) is 10.8 Å². The minimum Gasteiger partial charge on any atom is -0.396 e. The first-order valence-corrected chi connectivity index (χ1v) is 9.54. The number of rotatable bonds is 14. The lowest BCUT2D eigenvalue weighted by Crippen LogP contribution is -2.10. The van der Waals surface area contributed by atoms with Crippen LogP contribution in [0.5, 0.6) is 0 Å². The Kier molecular flexibility index (Phi) is 7.17. The minimum absolute atomic E-state index is 0.123. The normalized spacial score (nSPS) is 21.3. The SMILES string of the molecule is OCCCC1(CCCC(O)CCCC2(CCCO)CC2)CC1. The highest BCUT2D eigenvalue weighted by Gasteiger charge is 2.41. The zero-order valence-corrected chi connectivity index (χ0v) is 14.2. The predicted molar refractivity (Wildman–Crippen MR) is 89.7 cm³/mol. The molecule has 3 nitrogen and oxygen atoms in total. The van der Waals surface area contributed by atoms with Gasteiger partial charge in [0.1, 0.15) is 0 Å². The molecule has 2 rings (SSSR count). The maximum atomic E-state index is 10.2. The van der Waals surface area contributed by atoms with Crippen LogP contribution in [-0.2, 0) is 0 Å². The first kappa shape index (κ1) is 18.2. The van der Waals surface area contributed by atoms with Gasteiger partial charge in [-0.15, -0.1) is 0 Å². The van der Waals surface area contributed by atoms with E-state index >= 15 is 0 Å². The molecule has 130 valence electrons. The van der Waals surface area contributed by atoms with Crippen LogP contribution in [-0.4, -0.2) is 34.6 Å². The summed E-state index contributed by atoms with van der Waals surface area (Å²) in [5.41, 5.74) is 1.07. The third-order valence-electron chi connectivity index (χ3n) is 6.13. The highest BCUT2D eigenvalue weighted by atomic mass is 16.3. The lowest BCUT2D eigenvalue weighted by Gasteiger charge is -2.18. The topological polar surface area (TPSA) is 60.7 Å². The molecular weight excluding hydrogens is 276 g/mol. The Morgan fingerprint density at radius 1 is 0.636 bits per heavy atom. The molecule has 0 radical (unpaired) electrons. The van der Waals surface area contributed by atoms with Crippen LogP contribution in [0.3, 0.4) is 0 Å². The van der Waals surface area contributed by atoms with Crippen molar-refractivity contribution in [1.82, 2.24) is 0 Å². The Morgan fingerprint density at radius 3 is 1.32 bits per heavy atom.